The van der Waals surface area contributed by atoms with Crippen LogP contribution in [-0.2, 0) is 25.9 Å². The fraction of sp³-hybridized carbons (Fsp3) is 0.667. The van der Waals surface area contributed by atoms with E-state index in [1.54, 1.807) is 4.68 Å². The van der Waals surface area contributed by atoms with Gasteiger partial charge in [0.2, 0.25) is 5.89 Å². The highest BCUT2D eigenvalue weighted by Gasteiger charge is 2.28. The first-order valence-corrected chi connectivity index (χ1v) is 10.5. The molecular formula is C21H28N4O2. The lowest BCUT2D eigenvalue weighted by Crippen LogP contribution is -2.37. The molecule has 0 unspecified atom stereocenters. The molecule has 6 heteroatoms. The Hall–Kier alpha value is -1.95. The topological polar surface area (TPSA) is 64.2 Å². The van der Waals surface area contributed by atoms with Gasteiger partial charge in [-0.1, -0.05) is 0 Å². The summed E-state index contributed by atoms with van der Waals surface area (Å²) in [6.45, 7) is 3.62. The summed E-state index contributed by atoms with van der Waals surface area (Å²) >= 11 is 0. The van der Waals surface area contributed by atoms with E-state index in [0.717, 1.165) is 69.2 Å². The second-order valence-corrected chi connectivity index (χ2v) is 8.49. The number of hydrogen-bond donors (Lipinski definition) is 0. The SMILES string of the molecule is O=c1cc2c(nn1CC1CCN(Cc3ncc(C4CC4)o3)CC1)CCCC2. The molecule has 2 fully saturated rings. The molecule has 0 bridgehead atoms. The van der Waals surface area contributed by atoms with Crippen LogP contribution in [0.2, 0.25) is 0 Å². The molecule has 1 saturated carbocycles. The van der Waals surface area contributed by atoms with Crippen molar-refractivity contribution in [3.8, 4) is 0 Å². The second-order valence-electron chi connectivity index (χ2n) is 8.49. The minimum Gasteiger partial charge on any atom is -0.444 e. The molecule has 144 valence electrons. The third kappa shape index (κ3) is 3.86. The molecule has 1 aliphatic heterocycles. The lowest BCUT2D eigenvalue weighted by atomic mass is 9.96. The Balaban J connectivity index is 1.16. The molecule has 0 atom stereocenters. The molecule has 0 aromatic carbocycles. The Bertz CT molecular complexity index is 859. The molecule has 0 N–H and O–H groups in total. The van der Waals surface area contributed by atoms with E-state index < -0.39 is 0 Å². The predicted octanol–water partition coefficient (Wildman–Crippen LogP) is 2.90. The number of aromatic nitrogens is 3. The number of oxazole rings is 1. The van der Waals surface area contributed by atoms with Gasteiger partial charge in [0.25, 0.3) is 5.56 Å². The van der Waals surface area contributed by atoms with Crippen LogP contribution in [0.5, 0.6) is 0 Å². The summed E-state index contributed by atoms with van der Waals surface area (Å²) < 4.78 is 7.62. The van der Waals surface area contributed by atoms with Crippen molar-refractivity contribution in [3.63, 3.8) is 0 Å². The van der Waals surface area contributed by atoms with E-state index in [9.17, 15) is 4.79 Å². The number of aryl methyl sites for hydroxylation is 2. The Morgan fingerprint density at radius 3 is 2.74 bits per heavy atom. The third-order valence-corrected chi connectivity index (χ3v) is 6.32. The van der Waals surface area contributed by atoms with Gasteiger partial charge in [-0.05, 0) is 75.9 Å². The van der Waals surface area contributed by atoms with Crippen LogP contribution in [0.25, 0.3) is 0 Å². The highest BCUT2D eigenvalue weighted by molar-refractivity contribution is 5.20. The highest BCUT2D eigenvalue weighted by Crippen LogP contribution is 2.40. The van der Waals surface area contributed by atoms with Crippen LogP contribution >= 0.6 is 0 Å². The van der Waals surface area contributed by atoms with Gasteiger partial charge in [0.1, 0.15) is 5.76 Å². The van der Waals surface area contributed by atoms with E-state index in [1.165, 1.54) is 31.2 Å². The average molecular weight is 368 g/mol. The molecule has 2 aliphatic carbocycles. The van der Waals surface area contributed by atoms with Gasteiger partial charge in [-0.25, -0.2) is 9.67 Å². The maximum atomic E-state index is 12.4. The lowest BCUT2D eigenvalue weighted by molar-refractivity contribution is 0.151. The summed E-state index contributed by atoms with van der Waals surface area (Å²) in [4.78, 5) is 19.3. The van der Waals surface area contributed by atoms with Crippen molar-refractivity contribution in [1.82, 2.24) is 19.7 Å². The van der Waals surface area contributed by atoms with Crippen molar-refractivity contribution in [2.45, 2.75) is 70.4 Å². The van der Waals surface area contributed by atoms with E-state index in [4.69, 9.17) is 4.42 Å². The number of nitrogens with zero attached hydrogens (tertiary/aromatic N) is 4. The normalized spacial score (nSPS) is 21.3. The zero-order valence-corrected chi connectivity index (χ0v) is 15.9. The minimum absolute atomic E-state index is 0.0745. The molecule has 5 rings (SSSR count). The van der Waals surface area contributed by atoms with Crippen molar-refractivity contribution in [2.75, 3.05) is 13.1 Å². The number of rotatable bonds is 5. The Labute approximate surface area is 159 Å². The highest BCUT2D eigenvalue weighted by atomic mass is 16.4. The Kier molecular flexibility index (Phi) is 4.60. The predicted molar refractivity (Wildman–Crippen MR) is 102 cm³/mol. The van der Waals surface area contributed by atoms with Crippen LogP contribution in [0.15, 0.2) is 21.5 Å². The average Bonchev–Trinajstić information content (AvgIpc) is 3.43. The van der Waals surface area contributed by atoms with Gasteiger partial charge in [0.15, 0.2) is 0 Å². The zero-order chi connectivity index (χ0) is 18.2. The van der Waals surface area contributed by atoms with Crippen LogP contribution in [0.4, 0.5) is 0 Å². The van der Waals surface area contributed by atoms with Gasteiger partial charge in [-0.15, -0.1) is 0 Å². The van der Waals surface area contributed by atoms with Crippen molar-refractivity contribution in [2.24, 2.45) is 5.92 Å². The molecule has 3 heterocycles. The first-order valence-electron chi connectivity index (χ1n) is 10.5. The maximum Gasteiger partial charge on any atom is 0.267 e. The second kappa shape index (κ2) is 7.23. The third-order valence-electron chi connectivity index (χ3n) is 6.32. The number of hydrogen-bond acceptors (Lipinski definition) is 5. The molecule has 0 radical (unpaired) electrons. The summed E-state index contributed by atoms with van der Waals surface area (Å²) in [6, 6.07) is 1.83. The number of likely N-dealkylation sites (tertiary alicyclic amines) is 1. The largest absolute Gasteiger partial charge is 0.444 e. The standard InChI is InChI=1S/C21H28N4O2/c26-21-11-17-3-1-2-4-18(17)23-25(21)13-15-7-9-24(10-8-15)14-20-22-12-19(27-20)16-5-6-16/h11-12,15-16H,1-10,13-14H2. The Morgan fingerprint density at radius 2 is 1.93 bits per heavy atom. The fourth-order valence-electron chi connectivity index (χ4n) is 4.45. The lowest BCUT2D eigenvalue weighted by Gasteiger charge is -2.31. The first kappa shape index (κ1) is 17.2. The number of piperidine rings is 1. The molecule has 3 aliphatic rings. The van der Waals surface area contributed by atoms with E-state index in [1.807, 2.05) is 12.3 Å². The first-order chi connectivity index (χ1) is 13.2. The van der Waals surface area contributed by atoms with Crippen molar-refractivity contribution in [1.29, 1.82) is 0 Å². The zero-order valence-electron chi connectivity index (χ0n) is 15.9. The van der Waals surface area contributed by atoms with Crippen LogP contribution in [0, 0.1) is 5.92 Å². The van der Waals surface area contributed by atoms with Crippen LogP contribution in [-0.4, -0.2) is 32.8 Å². The maximum absolute atomic E-state index is 12.4. The fourth-order valence-corrected chi connectivity index (χ4v) is 4.45. The quantitative estimate of drug-likeness (QED) is 0.812. The summed E-state index contributed by atoms with van der Waals surface area (Å²) in [5.74, 6) is 3.07. The van der Waals surface area contributed by atoms with Gasteiger partial charge in [0.05, 0.1) is 18.4 Å². The van der Waals surface area contributed by atoms with Gasteiger partial charge < -0.3 is 4.42 Å². The molecule has 1 saturated heterocycles. The smallest absolute Gasteiger partial charge is 0.267 e. The molecule has 2 aromatic heterocycles. The summed E-state index contributed by atoms with van der Waals surface area (Å²) in [7, 11) is 0. The van der Waals surface area contributed by atoms with Gasteiger partial charge in [-0.3, -0.25) is 9.69 Å². The van der Waals surface area contributed by atoms with Crippen molar-refractivity contribution in [3.05, 3.63) is 45.5 Å². The van der Waals surface area contributed by atoms with Gasteiger partial charge in [0, 0.05) is 18.5 Å². The molecule has 0 spiro atoms. The molecule has 27 heavy (non-hydrogen) atoms. The van der Waals surface area contributed by atoms with Crippen LogP contribution in [0.1, 0.15) is 67.4 Å². The van der Waals surface area contributed by atoms with E-state index in [-0.39, 0.29) is 5.56 Å². The molecular weight excluding hydrogens is 340 g/mol. The summed E-state index contributed by atoms with van der Waals surface area (Å²) in [5.41, 5.74) is 2.40. The summed E-state index contributed by atoms with van der Waals surface area (Å²) in [6.07, 6.45) is 11.0. The van der Waals surface area contributed by atoms with Crippen LogP contribution < -0.4 is 5.56 Å². The molecule has 0 amide bonds. The van der Waals surface area contributed by atoms with Gasteiger partial charge >= 0.3 is 0 Å². The molecule has 2 aromatic rings. The van der Waals surface area contributed by atoms with Gasteiger partial charge in [-0.2, -0.15) is 5.10 Å². The monoisotopic (exact) mass is 368 g/mol. The number of fused-ring (bicyclic) bond motifs is 1. The van der Waals surface area contributed by atoms with Crippen molar-refractivity contribution < 1.29 is 4.42 Å². The van der Waals surface area contributed by atoms with E-state index >= 15 is 0 Å². The van der Waals surface area contributed by atoms with E-state index in [0.29, 0.717) is 11.8 Å². The Morgan fingerprint density at radius 1 is 1.11 bits per heavy atom. The molecule has 6 nitrogen and oxygen atoms in total. The van der Waals surface area contributed by atoms with Crippen LogP contribution in [0.3, 0.4) is 0 Å². The minimum atomic E-state index is 0.0745. The van der Waals surface area contributed by atoms with E-state index in [2.05, 4.69) is 15.0 Å². The van der Waals surface area contributed by atoms with Crippen molar-refractivity contribution >= 4 is 0 Å². The summed E-state index contributed by atoms with van der Waals surface area (Å²) in [5, 5.41) is 4.68.